The Bertz CT molecular complexity index is 4640. The number of rotatable bonds is 22. The predicted octanol–water partition coefficient (Wildman–Crippen LogP) is 2.40. The fraction of sp³-hybridized carbons (Fsp3) is 0.718. The molecule has 33 atom stereocenters. The summed E-state index contributed by atoms with van der Waals surface area (Å²) in [5, 5.41) is 185. The molecule has 5 aliphatic carbocycles. The van der Waals surface area contributed by atoms with E-state index in [0.717, 1.165) is 21.3 Å². The fourth-order valence-electron chi connectivity index (χ4n) is 21.7. The number of aliphatic hydroxyl groups excluding tert-OH is 6. The maximum absolute atomic E-state index is 16.4. The highest BCUT2D eigenvalue weighted by molar-refractivity contribution is 6.43. The number of allylic oxidation sites excluding steroid dienone is 2. The molecule has 3 aromatic rings. The van der Waals surface area contributed by atoms with E-state index in [1.807, 2.05) is 0 Å². The third-order valence-corrected chi connectivity index (χ3v) is 28.3. The Morgan fingerprint density at radius 3 is 1.44 bits per heavy atom. The van der Waals surface area contributed by atoms with Crippen LogP contribution in [0.5, 0.6) is 34.5 Å². The Balaban J connectivity index is 0.798. The maximum atomic E-state index is 16.4. The Kier molecular flexibility index (Phi) is 24.3. The summed E-state index contributed by atoms with van der Waals surface area (Å²) in [7, 11) is 3.09. The van der Waals surface area contributed by atoms with Gasteiger partial charge in [0.2, 0.25) is 23.1 Å². The second kappa shape index (κ2) is 32.9. The molecule has 0 unspecified atom stereocenters. The lowest BCUT2D eigenvalue weighted by atomic mass is 9.53. The van der Waals surface area contributed by atoms with Crippen molar-refractivity contribution in [2.45, 2.75) is 353 Å². The van der Waals surface area contributed by atoms with E-state index in [4.69, 9.17) is 75.8 Å². The topological polar surface area (TPSA) is 554 Å². The molecule has 9 fully saturated rings. The Hall–Kier alpha value is -6.68. The van der Waals surface area contributed by atoms with Gasteiger partial charge in [-0.15, -0.1) is 0 Å². The lowest BCUT2D eigenvalue weighted by Gasteiger charge is -2.60. The zero-order valence-corrected chi connectivity index (χ0v) is 70.0. The van der Waals surface area contributed by atoms with E-state index >= 15 is 19.2 Å². The maximum Gasteiger partial charge on any atom is 0.232 e. The third-order valence-electron chi connectivity index (χ3n) is 28.3. The van der Waals surface area contributed by atoms with Crippen molar-refractivity contribution in [3.8, 4) is 34.5 Å². The summed E-state index contributed by atoms with van der Waals surface area (Å²) in [6.45, 7) is 15.1. The van der Waals surface area contributed by atoms with Crippen LogP contribution in [0.2, 0.25) is 0 Å². The van der Waals surface area contributed by atoms with Gasteiger partial charge in [-0.2, -0.15) is 0 Å². The van der Waals surface area contributed by atoms with Crippen molar-refractivity contribution in [2.75, 3.05) is 21.3 Å². The molecule has 2 saturated carbocycles. The van der Waals surface area contributed by atoms with E-state index in [1.165, 1.54) is 33.8 Å². The quantitative estimate of drug-likeness (QED) is 0.0642. The van der Waals surface area contributed by atoms with Crippen LogP contribution in [0.25, 0.3) is 16.3 Å². The van der Waals surface area contributed by atoms with Crippen molar-refractivity contribution in [1.82, 2.24) is 0 Å². The summed E-state index contributed by atoms with van der Waals surface area (Å²) in [6, 6.07) is 1.25. The number of hydrogen-bond donors (Lipinski definition) is 15. The summed E-state index contributed by atoms with van der Waals surface area (Å²) in [5.41, 5.74) is -21.6. The SMILES string of the molecule is CCC[C@@]1(O)[C@@H](O[C@H]2CC[C@H](O[C@@H]3CC[C@](O)(C(C)=O)[C@@H](C)O3)[C@@H](C)O2)[C@@H](O)[C@@H](O[C@H]2C[C@@H](O)[C@@H](O)[C@H](C)O2)[C@H]2Cc3cc4c(OC)c(OC)c(C5=C(OC)C(=O)c6c(O)c7c(c(O)c6C5=O)C(=O)[C@]5(O)[C@H]6[C@H](O[C@H]8C[C@@H](O)[C@@H](O)[C@H](C)O8)[C@@H](O)[C@@H](O[C@H]8CC[C@H](O[C@H]9CC[C@](O)(C(C)=O)[C@@H](C)O9)[C@@H](C)O8)[C@]5(CCC)O[C@@H]76)c(O)c4c(O)c3C(=O)[C@]21O. The highest BCUT2D eigenvalue weighted by atomic mass is 16.8. The van der Waals surface area contributed by atoms with E-state index in [-0.39, 0.29) is 81.6 Å². The second-order valence-electron chi connectivity index (χ2n) is 35.1. The summed E-state index contributed by atoms with van der Waals surface area (Å²) in [4.78, 5) is 89.5. The van der Waals surface area contributed by atoms with Gasteiger partial charge in [0.25, 0.3) is 0 Å². The van der Waals surface area contributed by atoms with Crippen molar-refractivity contribution in [2.24, 2.45) is 11.8 Å². The van der Waals surface area contributed by atoms with Crippen molar-refractivity contribution in [3.63, 3.8) is 0 Å². The molecule has 7 heterocycles. The van der Waals surface area contributed by atoms with E-state index < -0.39 is 344 Å². The number of phenolic OH excluding ortho intramolecular Hbond substituents is 4. The number of phenols is 4. The van der Waals surface area contributed by atoms with Crippen LogP contribution >= 0.6 is 0 Å². The van der Waals surface area contributed by atoms with Gasteiger partial charge in [-0.25, -0.2) is 0 Å². The molecule has 7 aliphatic heterocycles. The first-order valence-electron chi connectivity index (χ1n) is 42.0. The number of carbonyl (C=O) groups is 6. The summed E-state index contributed by atoms with van der Waals surface area (Å²) in [5.74, 6) is -17.3. The van der Waals surface area contributed by atoms with E-state index in [2.05, 4.69) is 0 Å². The average molecular weight is 1730 g/mol. The largest absolute Gasteiger partial charge is 0.507 e. The number of aliphatic hydroxyl groups is 11. The van der Waals surface area contributed by atoms with Gasteiger partial charge < -0.3 is 152 Å². The fourth-order valence-corrected chi connectivity index (χ4v) is 21.7. The van der Waals surface area contributed by atoms with Crippen LogP contribution < -0.4 is 9.47 Å². The molecule has 0 radical (unpaired) electrons. The minimum atomic E-state index is -3.21. The zero-order valence-electron chi connectivity index (χ0n) is 70.0. The van der Waals surface area contributed by atoms with E-state index in [9.17, 15) is 86.2 Å². The number of aromatic hydroxyl groups is 4. The summed E-state index contributed by atoms with van der Waals surface area (Å²) < 4.78 is 101. The predicted molar refractivity (Wildman–Crippen MR) is 412 cm³/mol. The van der Waals surface area contributed by atoms with Gasteiger partial charge in [0.05, 0.1) is 145 Å². The number of methoxy groups -OCH3 is 3. The Morgan fingerprint density at radius 2 is 0.959 bits per heavy atom. The highest BCUT2D eigenvalue weighted by Crippen LogP contribution is 2.69. The van der Waals surface area contributed by atoms with Crippen molar-refractivity contribution in [3.05, 3.63) is 50.8 Å². The van der Waals surface area contributed by atoms with Crippen molar-refractivity contribution < 1.29 is 181 Å². The van der Waals surface area contributed by atoms with Crippen LogP contribution in [-0.2, 0) is 82.3 Å². The van der Waals surface area contributed by atoms with Gasteiger partial charge in [0, 0.05) is 55.4 Å². The molecule has 15 rings (SSSR count). The number of hydrogen-bond acceptors (Lipinski definition) is 37. The molecule has 37 heteroatoms. The Labute approximate surface area is 700 Å². The first-order valence-corrected chi connectivity index (χ1v) is 42.0. The monoisotopic (exact) mass is 1720 g/mol. The molecule has 12 aliphatic rings. The van der Waals surface area contributed by atoms with Gasteiger partial charge in [0.1, 0.15) is 82.0 Å². The zero-order chi connectivity index (χ0) is 88.5. The normalized spacial score (nSPS) is 43.2. The number of benzene rings is 3. The minimum Gasteiger partial charge on any atom is -0.507 e. The molecule has 0 spiro atoms. The molecule has 7 saturated heterocycles. The van der Waals surface area contributed by atoms with E-state index in [1.54, 1.807) is 41.5 Å². The lowest BCUT2D eigenvalue weighted by molar-refractivity contribution is -0.358. The van der Waals surface area contributed by atoms with Gasteiger partial charge in [-0.05, 0) is 112 Å². The molecule has 122 heavy (non-hydrogen) atoms. The van der Waals surface area contributed by atoms with Crippen LogP contribution in [0.4, 0.5) is 0 Å². The van der Waals surface area contributed by atoms with E-state index in [0.29, 0.717) is 0 Å². The molecule has 674 valence electrons. The lowest BCUT2D eigenvalue weighted by Crippen LogP contribution is -2.80. The average Bonchev–Trinajstić information content (AvgIpc) is 1.52. The number of fused-ring (bicyclic) bond motifs is 6. The molecule has 15 N–H and O–H groups in total. The molecule has 4 bridgehead atoms. The van der Waals surface area contributed by atoms with Gasteiger partial charge in [-0.3, -0.25) is 28.8 Å². The minimum absolute atomic E-state index is 0.0101. The van der Waals surface area contributed by atoms with Crippen LogP contribution in [0.15, 0.2) is 11.8 Å². The van der Waals surface area contributed by atoms with Gasteiger partial charge in [0.15, 0.2) is 77.8 Å². The molecular weight excluding hydrogens is 1610 g/mol. The van der Waals surface area contributed by atoms with Crippen molar-refractivity contribution >= 4 is 51.0 Å². The van der Waals surface area contributed by atoms with Crippen LogP contribution in [0.3, 0.4) is 0 Å². The number of ether oxygens (including phenoxy) is 16. The van der Waals surface area contributed by atoms with Crippen LogP contribution in [0.1, 0.15) is 223 Å². The second-order valence-corrected chi connectivity index (χ2v) is 35.1. The van der Waals surface area contributed by atoms with Crippen molar-refractivity contribution in [1.29, 1.82) is 0 Å². The number of carbonyl (C=O) groups excluding carboxylic acids is 6. The highest BCUT2D eigenvalue weighted by Gasteiger charge is 2.82. The standard InChI is InChI=1S/C85H112O37/c1-14-22-82(104)78(120-45-18-16-43(30(3)110-45)116-47-20-24-80(102,34(7)86)36(9)114-47)68(98)71(118-49-28-41(88)60(90)32(5)112-49)40-27-38-26-39-52(62(92)51(38)76(100)84(40,82)105)63(93)56(74(109-13)70(39)107-11)55-64(94)53-54(67(97)73(55)108-12)65(95)57-58(66(53)96)77(101)85(106)59-72(57)122-83(85,23-15-2)79(69(99)75(59)119-50-29-42(89)61(91)33(6)113-50)121-46-19-17-44(31(4)111-46)117-48-21-25-81(103,35(8)87)37(10)115-48/h26,30-33,36-37,40-50,59-61,68-69,71-72,75,78-79,88-93,95-96,98-99,102-106H,14-25,27-29H2,1-13H3/t30-,31-,32+,33+,36-,37-,40-,41-,42-,43+,44+,45+,46+,47-,48+,49+,50+,59-,60+,61+,68+,69-,71+,72+,75+,78+,79-,80+,81+,82-,83+,84-,85-/m1/s1. The van der Waals surface area contributed by atoms with Gasteiger partial charge >= 0.3 is 0 Å². The molecule has 37 nitrogen and oxygen atoms in total. The molecule has 0 aromatic heterocycles. The number of Topliss-reactive ketones (excluding diaryl/α,β-unsaturated/α-hetero) is 6. The molecular formula is C85H112O37. The number of ketones is 6. The van der Waals surface area contributed by atoms with Crippen LogP contribution in [0, 0.1) is 11.8 Å². The first kappa shape index (κ1) is 90.1. The third kappa shape index (κ3) is 13.6. The molecule has 3 aromatic carbocycles. The van der Waals surface area contributed by atoms with Gasteiger partial charge in [-0.1, -0.05) is 26.7 Å². The summed E-state index contributed by atoms with van der Waals surface area (Å²) in [6.07, 6.45) is -35.1. The first-order chi connectivity index (χ1) is 57.5. The van der Waals surface area contributed by atoms with Crippen LogP contribution in [-0.4, -0.2) is 314 Å². The molecule has 0 amide bonds. The smallest absolute Gasteiger partial charge is 0.232 e. The Morgan fingerprint density at radius 1 is 0.484 bits per heavy atom. The summed E-state index contributed by atoms with van der Waals surface area (Å²) >= 11 is 0.